The third-order valence-corrected chi connectivity index (χ3v) is 3.98. The van der Waals surface area contributed by atoms with Gasteiger partial charge in [-0.25, -0.2) is 0 Å². The minimum absolute atomic E-state index is 0.186. The Morgan fingerprint density at radius 2 is 1.88 bits per heavy atom. The molecule has 120 valence electrons. The van der Waals surface area contributed by atoms with E-state index in [1.54, 1.807) is 29.3 Å². The maximum atomic E-state index is 11.2. The van der Waals surface area contributed by atoms with Crippen LogP contribution in [0.25, 0.3) is 10.9 Å². The molecule has 0 atom stereocenters. The van der Waals surface area contributed by atoms with E-state index in [9.17, 15) is 9.59 Å². The maximum absolute atomic E-state index is 11.2. The summed E-state index contributed by atoms with van der Waals surface area (Å²) in [7, 11) is 1.81. The molecule has 2 aromatic carbocycles. The third-order valence-electron chi connectivity index (χ3n) is 3.98. The second-order valence-electron chi connectivity index (χ2n) is 5.50. The second kappa shape index (κ2) is 6.50. The smallest absolute Gasteiger partial charge is 0.249 e. The first-order chi connectivity index (χ1) is 11.6. The number of likely N-dealkylation sites (N-methyl/N-ethyl adjacent to an activating group) is 1. The van der Waals surface area contributed by atoms with Crippen molar-refractivity contribution in [1.82, 2.24) is 4.98 Å². The van der Waals surface area contributed by atoms with Crippen molar-refractivity contribution in [3.63, 3.8) is 0 Å². The van der Waals surface area contributed by atoms with Crippen molar-refractivity contribution < 1.29 is 9.59 Å². The summed E-state index contributed by atoms with van der Waals surface area (Å²) >= 11 is 0. The van der Waals surface area contributed by atoms with Crippen LogP contribution in [0.5, 0.6) is 0 Å². The summed E-state index contributed by atoms with van der Waals surface area (Å²) < 4.78 is 0. The van der Waals surface area contributed by atoms with Crippen LogP contribution in [0.1, 0.15) is 15.9 Å². The Labute approximate surface area is 139 Å². The quantitative estimate of drug-likeness (QED) is 0.749. The minimum atomic E-state index is -0.418. The van der Waals surface area contributed by atoms with Crippen molar-refractivity contribution in [2.24, 2.45) is 5.73 Å². The largest absolute Gasteiger partial charge is 0.366 e. The summed E-state index contributed by atoms with van der Waals surface area (Å²) in [5.41, 5.74) is 8.71. The molecule has 0 spiro atoms. The predicted octanol–water partition coefficient (Wildman–Crippen LogP) is 2.54. The van der Waals surface area contributed by atoms with Crippen LogP contribution in [0.15, 0.2) is 60.8 Å². The third kappa shape index (κ3) is 2.96. The van der Waals surface area contributed by atoms with Gasteiger partial charge in [-0.05, 0) is 29.8 Å². The lowest BCUT2D eigenvalue weighted by Gasteiger charge is -2.08. The molecular weight excluding hydrogens is 302 g/mol. The highest BCUT2D eigenvalue weighted by molar-refractivity contribution is 6.05. The Hall–Kier alpha value is -3.21. The highest BCUT2D eigenvalue weighted by Crippen LogP contribution is 2.26. The minimum Gasteiger partial charge on any atom is -0.366 e. The summed E-state index contributed by atoms with van der Waals surface area (Å²) in [5, 5.41) is 0.803. The number of para-hydroxylation sites is 1. The predicted molar refractivity (Wildman–Crippen MR) is 93.8 cm³/mol. The van der Waals surface area contributed by atoms with Crippen molar-refractivity contribution in [2.45, 2.75) is 6.42 Å². The molecule has 1 aliphatic heterocycles. The van der Waals surface area contributed by atoms with Gasteiger partial charge in [0.2, 0.25) is 11.8 Å². The molecule has 0 radical (unpaired) electrons. The number of nitrogens with zero attached hydrogens (tertiary/aromatic N) is 2. The Kier molecular flexibility index (Phi) is 4.24. The Balaban J connectivity index is 0.000000143. The van der Waals surface area contributed by atoms with Crippen LogP contribution in [0, 0.1) is 0 Å². The summed E-state index contributed by atoms with van der Waals surface area (Å²) in [6, 6.07) is 16.8. The number of fused-ring (bicyclic) bond motifs is 2. The summed E-state index contributed by atoms with van der Waals surface area (Å²) in [6.07, 6.45) is 2.25. The highest BCUT2D eigenvalue weighted by Gasteiger charge is 2.22. The number of aromatic nitrogens is 1. The van der Waals surface area contributed by atoms with Crippen LogP contribution in [0.2, 0.25) is 0 Å². The zero-order chi connectivity index (χ0) is 17.1. The van der Waals surface area contributed by atoms with E-state index in [2.05, 4.69) is 4.98 Å². The van der Waals surface area contributed by atoms with Crippen molar-refractivity contribution in [1.29, 1.82) is 0 Å². The van der Waals surface area contributed by atoms with Gasteiger partial charge in [0, 0.05) is 29.9 Å². The van der Waals surface area contributed by atoms with Crippen molar-refractivity contribution in [3.05, 3.63) is 71.9 Å². The first-order valence-corrected chi connectivity index (χ1v) is 7.56. The van der Waals surface area contributed by atoms with E-state index in [0.717, 1.165) is 22.2 Å². The van der Waals surface area contributed by atoms with Gasteiger partial charge in [-0.2, -0.15) is 0 Å². The number of anilines is 1. The van der Waals surface area contributed by atoms with Crippen LogP contribution in [-0.2, 0) is 11.2 Å². The van der Waals surface area contributed by atoms with Gasteiger partial charge in [0.1, 0.15) is 0 Å². The molecule has 4 rings (SSSR count). The van der Waals surface area contributed by atoms with Gasteiger partial charge in [-0.15, -0.1) is 0 Å². The molecule has 0 unspecified atom stereocenters. The normalized spacial score (nSPS) is 12.5. The van der Waals surface area contributed by atoms with Gasteiger partial charge >= 0.3 is 0 Å². The number of primary amides is 1. The van der Waals surface area contributed by atoms with Crippen LogP contribution in [0.4, 0.5) is 5.69 Å². The molecule has 0 bridgehead atoms. The van der Waals surface area contributed by atoms with Gasteiger partial charge in [-0.1, -0.05) is 30.3 Å². The van der Waals surface area contributed by atoms with E-state index in [1.807, 2.05) is 43.4 Å². The first-order valence-electron chi connectivity index (χ1n) is 7.56. The lowest BCUT2D eigenvalue weighted by molar-refractivity contribution is -0.117. The van der Waals surface area contributed by atoms with Crippen LogP contribution in [0.3, 0.4) is 0 Å². The summed E-state index contributed by atoms with van der Waals surface area (Å²) in [6.45, 7) is 0. The number of pyridine rings is 1. The van der Waals surface area contributed by atoms with Gasteiger partial charge in [0.15, 0.2) is 0 Å². The molecule has 2 N–H and O–H groups in total. The second-order valence-corrected chi connectivity index (χ2v) is 5.50. The number of nitrogens with two attached hydrogens (primary N) is 1. The molecule has 0 saturated heterocycles. The number of amides is 2. The number of rotatable bonds is 1. The molecule has 0 saturated carbocycles. The fourth-order valence-electron chi connectivity index (χ4n) is 2.72. The van der Waals surface area contributed by atoms with E-state index in [0.29, 0.717) is 12.0 Å². The fourth-order valence-corrected chi connectivity index (χ4v) is 2.72. The number of carbonyl (C=O) groups excluding carboxylic acids is 2. The fraction of sp³-hybridized carbons (Fsp3) is 0.105. The van der Waals surface area contributed by atoms with E-state index in [4.69, 9.17) is 5.73 Å². The molecule has 0 aliphatic carbocycles. The van der Waals surface area contributed by atoms with Crippen LogP contribution < -0.4 is 10.6 Å². The zero-order valence-electron chi connectivity index (χ0n) is 13.3. The lowest BCUT2D eigenvalue weighted by Crippen LogP contribution is -2.20. The van der Waals surface area contributed by atoms with Crippen molar-refractivity contribution in [2.75, 3.05) is 11.9 Å². The standard InChI is InChI=1S/C10H8N2O.C9H9NO/c11-10(13)8-3-1-5-9-7(8)4-2-6-12-9;1-10-8-5-3-2-4-7(8)6-9(10)11/h1-6H,(H2,11,13);2-5H,6H2,1H3. The average molecular weight is 319 g/mol. The van der Waals surface area contributed by atoms with E-state index < -0.39 is 5.91 Å². The maximum Gasteiger partial charge on any atom is 0.249 e. The Bertz CT molecular complexity index is 916. The average Bonchev–Trinajstić information content (AvgIpc) is 2.89. The summed E-state index contributed by atoms with van der Waals surface area (Å²) in [5.74, 6) is -0.232. The van der Waals surface area contributed by atoms with Crippen molar-refractivity contribution >= 4 is 28.4 Å². The molecular formula is C19H17N3O2. The summed E-state index contributed by atoms with van der Waals surface area (Å²) in [4.78, 5) is 28.0. The molecule has 1 aliphatic rings. The Morgan fingerprint density at radius 1 is 1.08 bits per heavy atom. The first kappa shape index (κ1) is 15.7. The molecule has 3 aromatic rings. The van der Waals surface area contributed by atoms with Crippen LogP contribution >= 0.6 is 0 Å². The number of hydrogen-bond donors (Lipinski definition) is 1. The van der Waals surface area contributed by atoms with Crippen LogP contribution in [-0.4, -0.2) is 23.8 Å². The van der Waals surface area contributed by atoms with E-state index in [-0.39, 0.29) is 5.91 Å². The lowest BCUT2D eigenvalue weighted by atomic mass is 10.1. The number of hydrogen-bond acceptors (Lipinski definition) is 3. The number of carbonyl (C=O) groups is 2. The molecule has 2 heterocycles. The molecule has 5 nitrogen and oxygen atoms in total. The molecule has 5 heteroatoms. The molecule has 24 heavy (non-hydrogen) atoms. The molecule has 0 fully saturated rings. The SMILES string of the molecule is CN1C(=O)Cc2ccccc21.NC(=O)c1cccc2ncccc12. The Morgan fingerprint density at radius 3 is 2.62 bits per heavy atom. The van der Waals surface area contributed by atoms with E-state index >= 15 is 0 Å². The zero-order valence-corrected chi connectivity index (χ0v) is 13.3. The van der Waals surface area contributed by atoms with E-state index in [1.165, 1.54) is 0 Å². The van der Waals surface area contributed by atoms with Gasteiger partial charge in [0.05, 0.1) is 11.9 Å². The number of benzene rings is 2. The molecule has 1 aromatic heterocycles. The van der Waals surface area contributed by atoms with Crippen molar-refractivity contribution in [3.8, 4) is 0 Å². The van der Waals surface area contributed by atoms with Gasteiger partial charge < -0.3 is 10.6 Å². The van der Waals surface area contributed by atoms with Gasteiger partial charge in [0.25, 0.3) is 0 Å². The molecule has 2 amide bonds. The monoisotopic (exact) mass is 319 g/mol. The topological polar surface area (TPSA) is 76.3 Å². The highest BCUT2D eigenvalue weighted by atomic mass is 16.2. The van der Waals surface area contributed by atoms with Gasteiger partial charge in [-0.3, -0.25) is 14.6 Å².